The molecule has 5 nitrogen and oxygen atoms in total. The summed E-state index contributed by atoms with van der Waals surface area (Å²) in [4.78, 5) is 6.62. The molecule has 2 rings (SSSR count). The quantitative estimate of drug-likeness (QED) is 0.246. The minimum absolute atomic E-state index is 0. The molecule has 0 spiro atoms. The predicted octanol–water partition coefficient (Wildman–Crippen LogP) is 4.10. The van der Waals surface area contributed by atoms with Gasteiger partial charge in [0.15, 0.2) is 5.96 Å². The normalized spacial score (nSPS) is 16.5. The second-order valence-electron chi connectivity index (χ2n) is 7.02. The SMILES string of the molecule is CN=C(NCCCOC(C)c1ccccc1)N(C)CCC1CCOCC1.I. The van der Waals surface area contributed by atoms with E-state index >= 15 is 0 Å². The van der Waals surface area contributed by atoms with Crippen molar-refractivity contribution in [3.8, 4) is 0 Å². The summed E-state index contributed by atoms with van der Waals surface area (Å²) < 4.78 is 11.4. The molecule has 1 N–H and O–H groups in total. The highest BCUT2D eigenvalue weighted by atomic mass is 127. The van der Waals surface area contributed by atoms with Crippen LogP contribution >= 0.6 is 24.0 Å². The highest BCUT2D eigenvalue weighted by Gasteiger charge is 2.15. The zero-order chi connectivity index (χ0) is 18.6. The van der Waals surface area contributed by atoms with Crippen LogP contribution in [0.3, 0.4) is 0 Å². The molecule has 1 aliphatic heterocycles. The molecule has 1 aromatic rings. The second-order valence-corrected chi connectivity index (χ2v) is 7.02. The molecule has 154 valence electrons. The van der Waals surface area contributed by atoms with Crippen LogP contribution in [0.1, 0.15) is 44.3 Å². The first-order valence-corrected chi connectivity index (χ1v) is 9.86. The van der Waals surface area contributed by atoms with Gasteiger partial charge in [0, 0.05) is 47.0 Å². The zero-order valence-corrected chi connectivity index (χ0v) is 19.4. The predicted molar refractivity (Wildman–Crippen MR) is 123 cm³/mol. The molecule has 27 heavy (non-hydrogen) atoms. The molecule has 1 unspecified atom stereocenters. The van der Waals surface area contributed by atoms with Crippen LogP contribution in [0.25, 0.3) is 0 Å². The van der Waals surface area contributed by atoms with Crippen molar-refractivity contribution in [2.45, 2.75) is 38.7 Å². The average molecular weight is 489 g/mol. The third kappa shape index (κ3) is 9.25. The molecule has 0 aliphatic carbocycles. The Kier molecular flexibility index (Phi) is 12.7. The van der Waals surface area contributed by atoms with Crippen LogP contribution in [0.2, 0.25) is 0 Å². The summed E-state index contributed by atoms with van der Waals surface area (Å²) in [6, 6.07) is 10.4. The van der Waals surface area contributed by atoms with Gasteiger partial charge < -0.3 is 19.7 Å². The number of guanidine groups is 1. The molecule has 1 atom stereocenters. The van der Waals surface area contributed by atoms with Gasteiger partial charge >= 0.3 is 0 Å². The first-order valence-electron chi connectivity index (χ1n) is 9.86. The van der Waals surface area contributed by atoms with Crippen LogP contribution in [-0.2, 0) is 9.47 Å². The van der Waals surface area contributed by atoms with Gasteiger partial charge in [0.25, 0.3) is 0 Å². The average Bonchev–Trinajstić information content (AvgIpc) is 2.70. The second kappa shape index (κ2) is 14.2. The topological polar surface area (TPSA) is 46.1 Å². The number of nitrogens with zero attached hydrogens (tertiary/aromatic N) is 2. The highest BCUT2D eigenvalue weighted by Crippen LogP contribution is 2.18. The smallest absolute Gasteiger partial charge is 0.193 e. The van der Waals surface area contributed by atoms with Crippen molar-refractivity contribution < 1.29 is 9.47 Å². The first kappa shape index (κ1) is 24.2. The van der Waals surface area contributed by atoms with Gasteiger partial charge in [-0.1, -0.05) is 30.3 Å². The van der Waals surface area contributed by atoms with E-state index in [0.29, 0.717) is 0 Å². The summed E-state index contributed by atoms with van der Waals surface area (Å²) in [6.07, 6.45) is 4.69. The first-order chi connectivity index (χ1) is 12.7. The molecule has 0 radical (unpaired) electrons. The van der Waals surface area contributed by atoms with Crippen molar-refractivity contribution in [2.75, 3.05) is 47.0 Å². The van der Waals surface area contributed by atoms with E-state index in [1.807, 2.05) is 13.1 Å². The van der Waals surface area contributed by atoms with Crippen LogP contribution in [-0.4, -0.2) is 57.9 Å². The zero-order valence-electron chi connectivity index (χ0n) is 17.0. The minimum Gasteiger partial charge on any atom is -0.381 e. The van der Waals surface area contributed by atoms with Crippen LogP contribution in [0.5, 0.6) is 0 Å². The van der Waals surface area contributed by atoms with E-state index in [0.717, 1.165) is 51.2 Å². The van der Waals surface area contributed by atoms with Gasteiger partial charge in [-0.25, -0.2) is 0 Å². The molecular weight excluding hydrogens is 453 g/mol. The van der Waals surface area contributed by atoms with E-state index in [-0.39, 0.29) is 30.1 Å². The molecule has 0 aromatic heterocycles. The van der Waals surface area contributed by atoms with Crippen molar-refractivity contribution in [1.82, 2.24) is 10.2 Å². The molecule has 0 saturated carbocycles. The van der Waals surface area contributed by atoms with Crippen LogP contribution < -0.4 is 5.32 Å². The lowest BCUT2D eigenvalue weighted by Crippen LogP contribution is -2.40. The van der Waals surface area contributed by atoms with E-state index in [1.54, 1.807) is 0 Å². The summed E-state index contributed by atoms with van der Waals surface area (Å²) in [5, 5.41) is 3.44. The molecule has 6 heteroatoms. The fraction of sp³-hybridized carbons (Fsp3) is 0.667. The molecule has 1 aliphatic rings. The number of hydrogen-bond acceptors (Lipinski definition) is 3. The van der Waals surface area contributed by atoms with E-state index in [2.05, 4.69) is 53.4 Å². The fourth-order valence-corrected chi connectivity index (χ4v) is 3.25. The lowest BCUT2D eigenvalue weighted by Gasteiger charge is -2.26. The summed E-state index contributed by atoms with van der Waals surface area (Å²) in [5.74, 6) is 1.75. The number of nitrogens with one attached hydrogen (secondary N) is 1. The van der Waals surface area contributed by atoms with Gasteiger partial charge in [-0.05, 0) is 44.1 Å². The number of rotatable bonds is 9. The van der Waals surface area contributed by atoms with Crippen molar-refractivity contribution in [1.29, 1.82) is 0 Å². The molecule has 1 aromatic carbocycles. The fourth-order valence-electron chi connectivity index (χ4n) is 3.25. The third-order valence-corrected chi connectivity index (χ3v) is 5.03. The Hall–Kier alpha value is -0.860. The Morgan fingerprint density at radius 2 is 2.00 bits per heavy atom. The van der Waals surface area contributed by atoms with Crippen LogP contribution in [0.15, 0.2) is 35.3 Å². The number of halogens is 1. The molecular formula is C21H36IN3O2. The van der Waals surface area contributed by atoms with Crippen molar-refractivity contribution >= 4 is 29.9 Å². The van der Waals surface area contributed by atoms with E-state index in [4.69, 9.17) is 9.47 Å². The molecule has 0 bridgehead atoms. The molecule has 1 fully saturated rings. The summed E-state index contributed by atoms with van der Waals surface area (Å²) >= 11 is 0. The Labute approximate surface area is 181 Å². The summed E-state index contributed by atoms with van der Waals surface area (Å²) in [7, 11) is 3.96. The maximum Gasteiger partial charge on any atom is 0.193 e. The van der Waals surface area contributed by atoms with E-state index in [1.165, 1.54) is 24.8 Å². The number of ether oxygens (including phenoxy) is 2. The van der Waals surface area contributed by atoms with E-state index in [9.17, 15) is 0 Å². The molecule has 0 amide bonds. The third-order valence-electron chi connectivity index (χ3n) is 5.03. The van der Waals surface area contributed by atoms with Crippen molar-refractivity contribution in [3.05, 3.63) is 35.9 Å². The number of aliphatic imine (C=N–C) groups is 1. The Morgan fingerprint density at radius 1 is 1.30 bits per heavy atom. The van der Waals surface area contributed by atoms with Crippen molar-refractivity contribution in [2.24, 2.45) is 10.9 Å². The van der Waals surface area contributed by atoms with Crippen LogP contribution in [0, 0.1) is 5.92 Å². The van der Waals surface area contributed by atoms with Gasteiger partial charge in [-0.3, -0.25) is 4.99 Å². The Balaban J connectivity index is 0.00000364. The summed E-state index contributed by atoms with van der Waals surface area (Å²) in [6.45, 7) is 6.59. The van der Waals surface area contributed by atoms with E-state index < -0.39 is 0 Å². The minimum atomic E-state index is 0. The van der Waals surface area contributed by atoms with Gasteiger partial charge in [0.1, 0.15) is 0 Å². The van der Waals surface area contributed by atoms with Crippen molar-refractivity contribution in [3.63, 3.8) is 0 Å². The Bertz CT molecular complexity index is 521. The molecule has 1 saturated heterocycles. The van der Waals surface area contributed by atoms with Gasteiger partial charge in [0.2, 0.25) is 0 Å². The van der Waals surface area contributed by atoms with Crippen LogP contribution in [0.4, 0.5) is 0 Å². The maximum absolute atomic E-state index is 5.93. The largest absolute Gasteiger partial charge is 0.381 e. The van der Waals surface area contributed by atoms with Gasteiger partial charge in [-0.15, -0.1) is 24.0 Å². The van der Waals surface area contributed by atoms with Gasteiger partial charge in [0.05, 0.1) is 6.10 Å². The lowest BCUT2D eigenvalue weighted by atomic mass is 9.96. The standard InChI is InChI=1S/C21H35N3O2.HI/c1-18(20-8-5-4-6-9-20)26-15-7-13-23-21(22-2)24(3)14-10-19-11-16-25-17-12-19;/h4-6,8-9,18-19H,7,10-17H2,1-3H3,(H,22,23);1H. The maximum atomic E-state index is 5.93. The number of hydrogen-bond donors (Lipinski definition) is 1. The number of benzene rings is 1. The van der Waals surface area contributed by atoms with Gasteiger partial charge in [-0.2, -0.15) is 0 Å². The summed E-state index contributed by atoms with van der Waals surface area (Å²) in [5.41, 5.74) is 1.23. The lowest BCUT2D eigenvalue weighted by molar-refractivity contribution is 0.0624. The highest BCUT2D eigenvalue weighted by molar-refractivity contribution is 14.0. The monoisotopic (exact) mass is 489 g/mol. The Morgan fingerprint density at radius 3 is 2.67 bits per heavy atom. The molecule has 1 heterocycles.